The highest BCUT2D eigenvalue weighted by atomic mass is 35.5. The minimum absolute atomic E-state index is 0.0227. The summed E-state index contributed by atoms with van der Waals surface area (Å²) in [7, 11) is 0. The quantitative estimate of drug-likeness (QED) is 0.355. The maximum atomic E-state index is 14.8. The molecule has 2 aromatic heterocycles. The molecule has 3 atom stereocenters. The first-order valence-corrected chi connectivity index (χ1v) is 11.8. The number of carbonyl (C=O) groups is 1. The van der Waals surface area contributed by atoms with Gasteiger partial charge in [0.2, 0.25) is 5.88 Å². The highest BCUT2D eigenvalue weighted by molar-refractivity contribution is 7.98. The summed E-state index contributed by atoms with van der Waals surface area (Å²) in [5, 5.41) is 0.584. The summed E-state index contributed by atoms with van der Waals surface area (Å²) in [6, 6.07) is -0.299. The molecule has 1 amide bonds. The lowest BCUT2D eigenvalue weighted by Crippen LogP contribution is -2.63. The summed E-state index contributed by atoms with van der Waals surface area (Å²) < 4.78 is 26.5. The van der Waals surface area contributed by atoms with Crippen molar-refractivity contribution in [3.05, 3.63) is 11.0 Å². The van der Waals surface area contributed by atoms with Crippen molar-refractivity contribution < 1.29 is 18.7 Å². The summed E-state index contributed by atoms with van der Waals surface area (Å²) in [4.78, 5) is 30.1. The zero-order chi connectivity index (χ0) is 22.1. The Morgan fingerprint density at radius 3 is 2.74 bits per heavy atom. The van der Waals surface area contributed by atoms with E-state index >= 15 is 0 Å². The van der Waals surface area contributed by atoms with E-state index in [9.17, 15) is 9.18 Å². The maximum Gasteiger partial charge on any atom is 0.410 e. The van der Waals surface area contributed by atoms with Crippen LogP contribution in [0.2, 0.25) is 5.15 Å². The van der Waals surface area contributed by atoms with Crippen LogP contribution in [0.3, 0.4) is 0 Å². The van der Waals surface area contributed by atoms with Crippen molar-refractivity contribution in [2.24, 2.45) is 0 Å². The van der Waals surface area contributed by atoms with Gasteiger partial charge in [-0.05, 0) is 39.9 Å². The van der Waals surface area contributed by atoms with Crippen molar-refractivity contribution in [2.75, 3.05) is 24.3 Å². The van der Waals surface area contributed by atoms with Crippen molar-refractivity contribution in [1.82, 2.24) is 19.9 Å². The molecule has 166 valence electrons. The molecule has 0 N–H and O–H groups in total. The predicted molar refractivity (Wildman–Crippen MR) is 116 cm³/mol. The number of thioether (sulfide) groups is 1. The molecular weight excluding hydrogens is 445 g/mol. The zero-order valence-electron chi connectivity index (χ0n) is 17.7. The lowest BCUT2D eigenvalue weighted by Gasteiger charge is -2.46. The lowest BCUT2D eigenvalue weighted by atomic mass is 10.0. The number of pyridine rings is 1. The number of nitrogens with zero attached hydrogens (tertiary/aromatic N) is 5. The van der Waals surface area contributed by atoms with Gasteiger partial charge >= 0.3 is 6.09 Å². The van der Waals surface area contributed by atoms with E-state index in [1.165, 1.54) is 11.8 Å². The van der Waals surface area contributed by atoms with Gasteiger partial charge in [0, 0.05) is 6.54 Å². The van der Waals surface area contributed by atoms with Gasteiger partial charge < -0.3 is 14.4 Å². The van der Waals surface area contributed by atoms with Crippen molar-refractivity contribution >= 4 is 46.2 Å². The van der Waals surface area contributed by atoms with Crippen LogP contribution in [0.1, 0.15) is 33.6 Å². The van der Waals surface area contributed by atoms with E-state index in [1.807, 2.05) is 31.9 Å². The SMILES string of the molecule is CSc1nc2c3c(nc(Cl)c(F)c3n1)OC[C@@H]1[C@@H]3CC[C@H](CN21)N3C(=O)OC(C)(C)C. The molecule has 5 heterocycles. The Labute approximate surface area is 188 Å². The minimum Gasteiger partial charge on any atom is -0.475 e. The standard InChI is InChI=1S/C20H23ClFN5O3S/c1-20(2,3)30-19(28)27-9-5-6-10(27)11-8-29-17-12-14(13(22)15(21)24-17)23-18(31-4)25-16(12)26(11)7-9/h9-11H,5-8H2,1-4H3/t9-,10+,11-/m1/s1. The van der Waals surface area contributed by atoms with Crippen LogP contribution < -0.4 is 9.64 Å². The second-order valence-electron chi connectivity index (χ2n) is 9.00. The van der Waals surface area contributed by atoms with Gasteiger partial charge in [0.15, 0.2) is 16.1 Å². The fraction of sp³-hybridized carbons (Fsp3) is 0.600. The number of amides is 1. The molecule has 0 spiro atoms. The number of piperazine rings is 1. The molecule has 31 heavy (non-hydrogen) atoms. The molecule has 2 aromatic rings. The molecule has 0 aliphatic carbocycles. The van der Waals surface area contributed by atoms with E-state index in [2.05, 4.69) is 14.9 Å². The predicted octanol–water partition coefficient (Wildman–Crippen LogP) is 3.89. The highest BCUT2D eigenvalue weighted by Crippen LogP contribution is 2.44. The van der Waals surface area contributed by atoms with Gasteiger partial charge in [-0.1, -0.05) is 23.4 Å². The number of hydrogen-bond acceptors (Lipinski definition) is 8. The van der Waals surface area contributed by atoms with Crippen molar-refractivity contribution in [1.29, 1.82) is 0 Å². The summed E-state index contributed by atoms with van der Waals surface area (Å²) in [5.41, 5.74) is -0.472. The number of aromatic nitrogens is 3. The molecule has 8 nitrogen and oxygen atoms in total. The smallest absolute Gasteiger partial charge is 0.410 e. The fourth-order valence-electron chi connectivity index (χ4n) is 4.73. The molecular formula is C20H23ClFN5O3S. The summed E-state index contributed by atoms with van der Waals surface area (Å²) >= 11 is 7.35. The molecule has 2 bridgehead atoms. The van der Waals surface area contributed by atoms with E-state index in [-0.39, 0.29) is 47.4 Å². The van der Waals surface area contributed by atoms with Crippen molar-refractivity contribution in [3.63, 3.8) is 0 Å². The lowest BCUT2D eigenvalue weighted by molar-refractivity contribution is 0.00539. The Kier molecular flexibility index (Phi) is 4.85. The Morgan fingerprint density at radius 2 is 2.03 bits per heavy atom. The van der Waals surface area contributed by atoms with Crippen LogP contribution in [0.25, 0.3) is 10.9 Å². The number of hydrogen-bond donors (Lipinski definition) is 0. The first-order chi connectivity index (χ1) is 14.7. The van der Waals surface area contributed by atoms with Crippen LogP contribution in [-0.2, 0) is 4.74 Å². The van der Waals surface area contributed by atoms with Crippen LogP contribution >= 0.6 is 23.4 Å². The second kappa shape index (κ2) is 7.23. The molecule has 3 aliphatic heterocycles. The van der Waals surface area contributed by atoms with Crippen LogP contribution in [0.5, 0.6) is 5.88 Å². The Bertz CT molecular complexity index is 1080. The number of halogens is 2. The molecule has 0 unspecified atom stereocenters. The average molecular weight is 468 g/mol. The third-order valence-electron chi connectivity index (χ3n) is 5.92. The molecule has 2 fully saturated rings. The molecule has 5 rings (SSSR count). The topological polar surface area (TPSA) is 80.7 Å². The van der Waals surface area contributed by atoms with Crippen LogP contribution in [0.4, 0.5) is 15.0 Å². The Morgan fingerprint density at radius 1 is 1.26 bits per heavy atom. The van der Waals surface area contributed by atoms with Gasteiger partial charge in [-0.3, -0.25) is 4.90 Å². The van der Waals surface area contributed by atoms with Gasteiger partial charge in [0.25, 0.3) is 0 Å². The number of carbonyl (C=O) groups excluding carboxylic acids is 1. The first-order valence-electron chi connectivity index (χ1n) is 10.2. The molecule has 0 aromatic carbocycles. The van der Waals surface area contributed by atoms with Crippen LogP contribution in [0.15, 0.2) is 5.16 Å². The molecule has 2 saturated heterocycles. The number of rotatable bonds is 1. The van der Waals surface area contributed by atoms with E-state index in [1.54, 1.807) is 0 Å². The molecule has 0 radical (unpaired) electrons. The van der Waals surface area contributed by atoms with Gasteiger partial charge in [-0.2, -0.15) is 4.98 Å². The van der Waals surface area contributed by atoms with Crippen LogP contribution in [0, 0.1) is 5.82 Å². The van der Waals surface area contributed by atoms with Crippen molar-refractivity contribution in [3.8, 4) is 5.88 Å². The maximum absolute atomic E-state index is 14.8. The van der Waals surface area contributed by atoms with Gasteiger partial charge in [-0.15, -0.1) is 0 Å². The number of ether oxygens (including phenoxy) is 2. The summed E-state index contributed by atoms with van der Waals surface area (Å²) in [5.74, 6) is 0.116. The van der Waals surface area contributed by atoms with Crippen molar-refractivity contribution in [2.45, 2.75) is 62.5 Å². The Balaban J connectivity index is 1.60. The van der Waals surface area contributed by atoms with E-state index in [0.717, 1.165) is 12.8 Å². The third-order valence-corrected chi connectivity index (χ3v) is 6.72. The van der Waals surface area contributed by atoms with Crippen LogP contribution in [-0.4, -0.2) is 69.1 Å². The van der Waals surface area contributed by atoms with E-state index < -0.39 is 11.4 Å². The van der Waals surface area contributed by atoms with E-state index in [0.29, 0.717) is 22.9 Å². The summed E-state index contributed by atoms with van der Waals surface area (Å²) in [6.45, 7) is 6.40. The normalized spacial score (nSPS) is 24.6. The largest absolute Gasteiger partial charge is 0.475 e. The van der Waals surface area contributed by atoms with Gasteiger partial charge in [-0.25, -0.2) is 19.2 Å². The molecule has 3 aliphatic rings. The third kappa shape index (κ3) is 3.34. The number of anilines is 1. The van der Waals surface area contributed by atoms with Gasteiger partial charge in [0.1, 0.15) is 28.9 Å². The fourth-order valence-corrected chi connectivity index (χ4v) is 5.25. The monoisotopic (exact) mass is 467 g/mol. The average Bonchev–Trinajstić information content (AvgIpc) is 2.94. The minimum atomic E-state index is -0.684. The Hall–Kier alpha value is -2.07. The number of fused-ring (bicyclic) bond motifs is 5. The van der Waals surface area contributed by atoms with E-state index in [4.69, 9.17) is 26.1 Å². The second-order valence-corrected chi connectivity index (χ2v) is 10.1. The molecule has 0 saturated carbocycles. The zero-order valence-corrected chi connectivity index (χ0v) is 19.3. The highest BCUT2D eigenvalue weighted by Gasteiger charge is 2.51. The summed E-state index contributed by atoms with van der Waals surface area (Å²) in [6.07, 6.45) is 3.22. The molecule has 11 heteroatoms. The van der Waals surface area contributed by atoms with Gasteiger partial charge in [0.05, 0.1) is 18.1 Å². The first kappa shape index (κ1) is 20.8.